The van der Waals surface area contributed by atoms with E-state index in [4.69, 9.17) is 0 Å². The summed E-state index contributed by atoms with van der Waals surface area (Å²) in [6, 6.07) is 10.5. The molecule has 0 radical (unpaired) electrons. The highest BCUT2D eigenvalue weighted by Gasteiger charge is 2.37. The number of nitrogens with zero attached hydrogens (tertiary/aromatic N) is 2. The molecule has 0 saturated carbocycles. The molecule has 2 aromatic rings. The molecule has 8 heteroatoms. The first-order chi connectivity index (χ1) is 16.4. The van der Waals surface area contributed by atoms with Crippen molar-refractivity contribution >= 4 is 17.7 Å². The fourth-order valence-corrected chi connectivity index (χ4v) is 4.80. The number of carbonyl (C=O) groups is 3. The lowest BCUT2D eigenvalue weighted by molar-refractivity contribution is -0.136. The topological polar surface area (TPSA) is 69.7 Å². The minimum atomic E-state index is -0.795. The van der Waals surface area contributed by atoms with Gasteiger partial charge in [-0.25, -0.2) is 8.78 Å². The zero-order valence-corrected chi connectivity index (χ0v) is 19.0. The molecule has 0 aliphatic carbocycles. The van der Waals surface area contributed by atoms with E-state index in [1.54, 1.807) is 21.9 Å². The Balaban J connectivity index is 1.47. The number of hydrogen-bond donors (Lipinski definition) is 1. The van der Waals surface area contributed by atoms with E-state index in [2.05, 4.69) is 5.32 Å². The summed E-state index contributed by atoms with van der Waals surface area (Å²) in [6.07, 6.45) is 3.91. The Morgan fingerprint density at radius 2 is 1.56 bits per heavy atom. The average Bonchev–Trinajstić information content (AvgIpc) is 2.87. The van der Waals surface area contributed by atoms with Crippen molar-refractivity contribution in [3.8, 4) is 0 Å². The van der Waals surface area contributed by atoms with Crippen molar-refractivity contribution in [1.82, 2.24) is 15.1 Å². The molecule has 2 heterocycles. The molecule has 34 heavy (non-hydrogen) atoms. The molecule has 4 rings (SSSR count). The molecule has 2 aromatic carbocycles. The Kier molecular flexibility index (Phi) is 7.55. The largest absolute Gasteiger partial charge is 0.341 e. The highest BCUT2D eigenvalue weighted by molar-refractivity contribution is 5.98. The molecule has 2 fully saturated rings. The number of rotatable bonds is 5. The fraction of sp³-hybridized carbons (Fsp3) is 0.423. The molecule has 1 unspecified atom stereocenters. The van der Waals surface area contributed by atoms with E-state index in [0.717, 1.165) is 19.3 Å². The van der Waals surface area contributed by atoms with Gasteiger partial charge in [-0.2, -0.15) is 0 Å². The summed E-state index contributed by atoms with van der Waals surface area (Å²) in [5.74, 6) is -2.33. The van der Waals surface area contributed by atoms with Crippen LogP contribution in [0.2, 0.25) is 0 Å². The first-order valence-electron chi connectivity index (χ1n) is 11.8. The minimum absolute atomic E-state index is 0.0994. The Hall–Kier alpha value is -3.29. The molecule has 180 valence electrons. The lowest BCUT2D eigenvalue weighted by Crippen LogP contribution is -2.55. The highest BCUT2D eigenvalue weighted by Crippen LogP contribution is 2.25. The van der Waals surface area contributed by atoms with E-state index in [0.29, 0.717) is 39.0 Å². The maximum Gasteiger partial charge on any atom is 0.254 e. The number of halogens is 2. The van der Waals surface area contributed by atoms with Crippen LogP contribution in [-0.2, 0) is 4.79 Å². The van der Waals surface area contributed by atoms with Gasteiger partial charge in [-0.15, -0.1) is 0 Å². The summed E-state index contributed by atoms with van der Waals surface area (Å²) < 4.78 is 27.7. The predicted octanol–water partition coefficient (Wildman–Crippen LogP) is 3.63. The molecule has 2 aliphatic rings. The van der Waals surface area contributed by atoms with Gasteiger partial charge in [0.1, 0.15) is 17.7 Å². The standard InChI is InChI=1S/C26H29F2N3O3/c27-20-8-6-7-19(17-20)25(33)31-15-11-18(12-16-31)23(26(34)30-13-4-1-5-14-30)29-24(32)21-9-2-3-10-22(21)28/h2-3,6-10,17-18,23H,1,4-5,11-16H2,(H,29,32). The maximum absolute atomic E-state index is 14.2. The van der Waals surface area contributed by atoms with Crippen LogP contribution in [0.1, 0.15) is 52.8 Å². The molecule has 1 N–H and O–H groups in total. The summed E-state index contributed by atoms with van der Waals surface area (Å²) in [6.45, 7) is 2.06. The van der Waals surface area contributed by atoms with E-state index in [1.807, 2.05) is 0 Å². The molecule has 2 aliphatic heterocycles. The van der Waals surface area contributed by atoms with Crippen LogP contribution in [-0.4, -0.2) is 59.7 Å². The van der Waals surface area contributed by atoms with E-state index in [1.165, 1.54) is 36.4 Å². The van der Waals surface area contributed by atoms with Crippen LogP contribution in [0.4, 0.5) is 8.78 Å². The summed E-state index contributed by atoms with van der Waals surface area (Å²) in [4.78, 5) is 42.5. The van der Waals surface area contributed by atoms with Crippen LogP contribution >= 0.6 is 0 Å². The summed E-state index contributed by atoms with van der Waals surface area (Å²) in [5.41, 5.74) is 0.185. The maximum atomic E-state index is 14.2. The molecule has 6 nitrogen and oxygen atoms in total. The van der Waals surface area contributed by atoms with Gasteiger partial charge in [0.15, 0.2) is 0 Å². The second kappa shape index (κ2) is 10.8. The zero-order valence-electron chi connectivity index (χ0n) is 19.0. The van der Waals surface area contributed by atoms with Gasteiger partial charge in [0, 0.05) is 31.7 Å². The van der Waals surface area contributed by atoms with Crippen molar-refractivity contribution in [2.24, 2.45) is 5.92 Å². The zero-order chi connectivity index (χ0) is 24.1. The summed E-state index contributed by atoms with van der Waals surface area (Å²) >= 11 is 0. The van der Waals surface area contributed by atoms with Crippen molar-refractivity contribution in [2.45, 2.75) is 38.1 Å². The molecule has 0 bridgehead atoms. The smallest absolute Gasteiger partial charge is 0.254 e. The second-order valence-corrected chi connectivity index (χ2v) is 8.96. The number of carbonyl (C=O) groups excluding carboxylic acids is 3. The third-order valence-corrected chi connectivity index (χ3v) is 6.71. The number of hydrogen-bond acceptors (Lipinski definition) is 3. The van der Waals surface area contributed by atoms with Crippen LogP contribution in [0.15, 0.2) is 48.5 Å². The lowest BCUT2D eigenvalue weighted by atomic mass is 9.87. The first-order valence-corrected chi connectivity index (χ1v) is 11.8. The van der Waals surface area contributed by atoms with E-state index >= 15 is 0 Å². The quantitative estimate of drug-likeness (QED) is 0.727. The Morgan fingerprint density at radius 1 is 0.853 bits per heavy atom. The molecular formula is C26H29F2N3O3. The van der Waals surface area contributed by atoms with Gasteiger partial charge in [0.25, 0.3) is 11.8 Å². The van der Waals surface area contributed by atoms with E-state index in [-0.39, 0.29) is 28.9 Å². The van der Waals surface area contributed by atoms with E-state index < -0.39 is 23.6 Å². The number of nitrogens with one attached hydrogen (secondary N) is 1. The van der Waals surface area contributed by atoms with Gasteiger partial charge in [-0.1, -0.05) is 18.2 Å². The molecular weight excluding hydrogens is 440 g/mol. The van der Waals surface area contributed by atoms with Crippen molar-refractivity contribution in [3.63, 3.8) is 0 Å². The fourth-order valence-electron chi connectivity index (χ4n) is 4.80. The summed E-state index contributed by atoms with van der Waals surface area (Å²) in [7, 11) is 0. The van der Waals surface area contributed by atoms with Crippen molar-refractivity contribution in [1.29, 1.82) is 0 Å². The number of likely N-dealkylation sites (tertiary alicyclic amines) is 2. The van der Waals surface area contributed by atoms with Crippen LogP contribution < -0.4 is 5.32 Å². The van der Waals surface area contributed by atoms with Crippen molar-refractivity contribution in [2.75, 3.05) is 26.2 Å². The Morgan fingerprint density at radius 3 is 2.24 bits per heavy atom. The van der Waals surface area contributed by atoms with Crippen LogP contribution in [0.25, 0.3) is 0 Å². The number of piperidine rings is 2. The third-order valence-electron chi connectivity index (χ3n) is 6.71. The summed E-state index contributed by atoms with van der Waals surface area (Å²) in [5, 5.41) is 2.80. The predicted molar refractivity (Wildman–Crippen MR) is 123 cm³/mol. The third kappa shape index (κ3) is 5.43. The van der Waals surface area contributed by atoms with Crippen LogP contribution in [0, 0.1) is 17.6 Å². The molecule has 0 aromatic heterocycles. The first kappa shape index (κ1) is 23.9. The molecule has 1 atom stereocenters. The lowest BCUT2D eigenvalue weighted by Gasteiger charge is -2.38. The Bertz CT molecular complexity index is 1050. The molecule has 3 amide bonds. The molecule has 2 saturated heterocycles. The molecule has 0 spiro atoms. The normalized spacial score (nSPS) is 17.8. The average molecular weight is 470 g/mol. The van der Waals surface area contributed by atoms with Gasteiger partial charge >= 0.3 is 0 Å². The van der Waals surface area contributed by atoms with Gasteiger partial charge in [0.05, 0.1) is 5.56 Å². The van der Waals surface area contributed by atoms with Gasteiger partial charge in [-0.3, -0.25) is 14.4 Å². The second-order valence-electron chi connectivity index (χ2n) is 8.96. The van der Waals surface area contributed by atoms with Crippen LogP contribution in [0.3, 0.4) is 0 Å². The minimum Gasteiger partial charge on any atom is -0.341 e. The number of benzene rings is 2. The highest BCUT2D eigenvalue weighted by atomic mass is 19.1. The SMILES string of the molecule is O=C(NC(C(=O)N1CCCCC1)C1CCN(C(=O)c2cccc(F)c2)CC1)c1ccccc1F. The van der Waals surface area contributed by atoms with Crippen molar-refractivity contribution < 1.29 is 23.2 Å². The van der Waals surface area contributed by atoms with E-state index in [9.17, 15) is 23.2 Å². The van der Waals surface area contributed by atoms with Gasteiger partial charge < -0.3 is 15.1 Å². The monoisotopic (exact) mass is 469 g/mol. The van der Waals surface area contributed by atoms with Gasteiger partial charge in [0.2, 0.25) is 5.91 Å². The van der Waals surface area contributed by atoms with Crippen molar-refractivity contribution in [3.05, 3.63) is 71.3 Å². The van der Waals surface area contributed by atoms with Gasteiger partial charge in [-0.05, 0) is 68.4 Å². The Labute approximate surface area is 197 Å². The van der Waals surface area contributed by atoms with Crippen LogP contribution in [0.5, 0.6) is 0 Å². The number of amides is 3.